The zero-order valence-electron chi connectivity index (χ0n) is 11.5. The molecule has 0 aliphatic heterocycles. The molecule has 2 amide bonds. The number of nitrogens with zero attached hydrogens (tertiary/aromatic N) is 1. The number of hydrogen-bond donors (Lipinski definition) is 1. The molecule has 0 spiro atoms. The van der Waals surface area contributed by atoms with Gasteiger partial charge in [-0.3, -0.25) is 9.59 Å². The van der Waals surface area contributed by atoms with Gasteiger partial charge in [-0.05, 0) is 30.7 Å². The van der Waals surface area contributed by atoms with Crippen molar-refractivity contribution in [2.75, 3.05) is 11.9 Å². The summed E-state index contributed by atoms with van der Waals surface area (Å²) in [4.78, 5) is 25.4. The fourth-order valence-electron chi connectivity index (χ4n) is 2.08. The summed E-state index contributed by atoms with van der Waals surface area (Å²) in [5.74, 6) is -0.721. The van der Waals surface area contributed by atoms with Crippen molar-refractivity contribution < 1.29 is 9.59 Å². The lowest BCUT2D eigenvalue weighted by atomic mass is 10.1. The highest BCUT2D eigenvalue weighted by atomic mass is 16.2. The Morgan fingerprint density at radius 3 is 2.10 bits per heavy atom. The van der Waals surface area contributed by atoms with Crippen LogP contribution in [0.1, 0.15) is 26.3 Å². The van der Waals surface area contributed by atoms with E-state index in [2.05, 4.69) is 0 Å². The summed E-state index contributed by atoms with van der Waals surface area (Å²) < 4.78 is 0. The topological polar surface area (TPSA) is 63.4 Å². The fourth-order valence-corrected chi connectivity index (χ4v) is 2.08. The molecule has 0 bridgehead atoms. The molecule has 0 fully saturated rings. The van der Waals surface area contributed by atoms with E-state index in [-0.39, 0.29) is 5.91 Å². The van der Waals surface area contributed by atoms with Crippen LogP contribution < -0.4 is 10.6 Å². The maximum absolute atomic E-state index is 12.5. The summed E-state index contributed by atoms with van der Waals surface area (Å²) in [6, 6.07) is 14.1. The third-order valence-corrected chi connectivity index (χ3v) is 3.21. The zero-order chi connectivity index (χ0) is 14.7. The Hall–Kier alpha value is -2.62. The lowest BCUT2D eigenvalue weighted by Gasteiger charge is -2.20. The smallest absolute Gasteiger partial charge is 0.258 e. The maximum atomic E-state index is 12.5. The number of rotatable bonds is 3. The highest BCUT2D eigenvalue weighted by molar-refractivity contribution is 6.10. The second kappa shape index (κ2) is 5.57. The van der Waals surface area contributed by atoms with Gasteiger partial charge in [-0.15, -0.1) is 0 Å². The molecule has 20 heavy (non-hydrogen) atoms. The van der Waals surface area contributed by atoms with E-state index in [0.29, 0.717) is 16.8 Å². The summed E-state index contributed by atoms with van der Waals surface area (Å²) in [7, 11) is 1.64. The largest absolute Gasteiger partial charge is 0.366 e. The monoisotopic (exact) mass is 268 g/mol. The molecule has 2 aromatic carbocycles. The molecule has 102 valence electrons. The molecule has 0 aliphatic carbocycles. The number of benzene rings is 2. The van der Waals surface area contributed by atoms with E-state index in [1.807, 2.05) is 25.1 Å². The van der Waals surface area contributed by atoms with Crippen LogP contribution in [0.2, 0.25) is 0 Å². The lowest BCUT2D eigenvalue weighted by molar-refractivity contribution is 0.0992. The van der Waals surface area contributed by atoms with Crippen LogP contribution in [0.15, 0.2) is 48.5 Å². The number of anilines is 1. The first-order chi connectivity index (χ1) is 9.52. The Labute approximate surface area is 117 Å². The zero-order valence-corrected chi connectivity index (χ0v) is 11.5. The fraction of sp³-hybridized carbons (Fsp3) is 0.125. The van der Waals surface area contributed by atoms with Crippen LogP contribution in [-0.2, 0) is 0 Å². The number of hydrogen-bond acceptors (Lipinski definition) is 2. The van der Waals surface area contributed by atoms with E-state index in [4.69, 9.17) is 5.73 Å². The number of carbonyl (C=O) groups excluding carboxylic acids is 2. The van der Waals surface area contributed by atoms with Gasteiger partial charge in [-0.1, -0.05) is 30.3 Å². The molecule has 0 saturated carbocycles. The predicted molar refractivity (Wildman–Crippen MR) is 78.9 cm³/mol. The molecule has 0 saturated heterocycles. The van der Waals surface area contributed by atoms with Crippen molar-refractivity contribution in [3.8, 4) is 0 Å². The summed E-state index contributed by atoms with van der Waals surface area (Å²) >= 11 is 0. The highest BCUT2D eigenvalue weighted by Crippen LogP contribution is 2.21. The Kier molecular flexibility index (Phi) is 3.84. The van der Waals surface area contributed by atoms with E-state index in [1.54, 1.807) is 37.4 Å². The van der Waals surface area contributed by atoms with Gasteiger partial charge in [-0.2, -0.15) is 0 Å². The predicted octanol–water partition coefficient (Wildman–Crippen LogP) is 2.37. The van der Waals surface area contributed by atoms with E-state index in [1.165, 1.54) is 4.90 Å². The number of aryl methyl sites for hydroxylation is 1. The average molecular weight is 268 g/mol. The van der Waals surface area contributed by atoms with Crippen LogP contribution in [0, 0.1) is 6.92 Å². The van der Waals surface area contributed by atoms with Crippen LogP contribution >= 0.6 is 0 Å². The normalized spacial score (nSPS) is 10.1. The minimum atomic E-state index is -0.551. The van der Waals surface area contributed by atoms with E-state index >= 15 is 0 Å². The summed E-state index contributed by atoms with van der Waals surface area (Å²) in [6.45, 7) is 1.88. The maximum Gasteiger partial charge on any atom is 0.258 e. The number of nitrogens with two attached hydrogens (primary N) is 1. The number of para-hydroxylation sites is 1. The second-order valence-electron chi connectivity index (χ2n) is 4.56. The quantitative estimate of drug-likeness (QED) is 0.928. The van der Waals surface area contributed by atoms with E-state index in [0.717, 1.165) is 5.56 Å². The van der Waals surface area contributed by atoms with Gasteiger partial charge in [0.05, 0.1) is 11.3 Å². The second-order valence-corrected chi connectivity index (χ2v) is 4.56. The Bertz CT molecular complexity index is 665. The average Bonchev–Trinajstić information content (AvgIpc) is 2.46. The van der Waals surface area contributed by atoms with Crippen molar-refractivity contribution in [1.29, 1.82) is 0 Å². The molecule has 4 nitrogen and oxygen atoms in total. The summed E-state index contributed by atoms with van der Waals surface area (Å²) in [5, 5.41) is 0. The molecule has 0 atom stereocenters. The molecular formula is C16H16N2O2. The molecule has 0 unspecified atom stereocenters. The van der Waals surface area contributed by atoms with Crippen molar-refractivity contribution in [2.45, 2.75) is 6.92 Å². The number of primary amides is 1. The molecule has 4 heteroatoms. The van der Waals surface area contributed by atoms with Crippen molar-refractivity contribution >= 4 is 17.5 Å². The Morgan fingerprint density at radius 1 is 0.950 bits per heavy atom. The van der Waals surface area contributed by atoms with Crippen LogP contribution in [-0.4, -0.2) is 18.9 Å². The Morgan fingerprint density at radius 2 is 1.50 bits per heavy atom. The molecular weight excluding hydrogens is 252 g/mol. The first kappa shape index (κ1) is 13.8. The molecule has 0 aromatic heterocycles. The van der Waals surface area contributed by atoms with Crippen molar-refractivity contribution in [1.82, 2.24) is 0 Å². The SMILES string of the molecule is Cc1ccccc1C(=O)N(C)c1ccccc1C(N)=O. The minimum absolute atomic E-state index is 0.170. The molecule has 0 radical (unpaired) electrons. The third-order valence-electron chi connectivity index (χ3n) is 3.21. The molecule has 0 aliphatic rings. The van der Waals surface area contributed by atoms with Crippen molar-refractivity contribution in [3.05, 3.63) is 65.2 Å². The van der Waals surface area contributed by atoms with Crippen LogP contribution in [0.3, 0.4) is 0 Å². The van der Waals surface area contributed by atoms with E-state index in [9.17, 15) is 9.59 Å². The lowest BCUT2D eigenvalue weighted by Crippen LogP contribution is -2.29. The van der Waals surface area contributed by atoms with Gasteiger partial charge in [0.1, 0.15) is 0 Å². The molecule has 2 rings (SSSR count). The van der Waals surface area contributed by atoms with Crippen LogP contribution in [0.25, 0.3) is 0 Å². The third kappa shape index (κ3) is 2.54. The standard InChI is InChI=1S/C16H16N2O2/c1-11-7-3-4-8-12(11)16(20)18(2)14-10-6-5-9-13(14)15(17)19/h3-10H,1-2H3,(H2,17,19). The van der Waals surface area contributed by atoms with Crippen LogP contribution in [0.4, 0.5) is 5.69 Å². The Balaban J connectivity index is 2.42. The van der Waals surface area contributed by atoms with Crippen LogP contribution in [0.5, 0.6) is 0 Å². The van der Waals surface area contributed by atoms with Gasteiger partial charge in [-0.25, -0.2) is 0 Å². The van der Waals surface area contributed by atoms with Crippen molar-refractivity contribution in [3.63, 3.8) is 0 Å². The van der Waals surface area contributed by atoms with Gasteiger partial charge in [0.25, 0.3) is 11.8 Å². The number of amides is 2. The van der Waals surface area contributed by atoms with Gasteiger partial charge in [0, 0.05) is 12.6 Å². The minimum Gasteiger partial charge on any atom is -0.366 e. The van der Waals surface area contributed by atoms with Gasteiger partial charge in [0.2, 0.25) is 0 Å². The molecule has 2 aromatic rings. The van der Waals surface area contributed by atoms with Crippen molar-refractivity contribution in [2.24, 2.45) is 5.73 Å². The summed E-state index contributed by atoms with van der Waals surface area (Å²) in [5.41, 5.74) is 7.68. The van der Waals surface area contributed by atoms with Gasteiger partial charge < -0.3 is 10.6 Å². The van der Waals surface area contributed by atoms with E-state index < -0.39 is 5.91 Å². The molecule has 2 N–H and O–H groups in total. The first-order valence-corrected chi connectivity index (χ1v) is 6.25. The number of carbonyl (C=O) groups is 2. The first-order valence-electron chi connectivity index (χ1n) is 6.25. The van der Waals surface area contributed by atoms with Gasteiger partial charge >= 0.3 is 0 Å². The highest BCUT2D eigenvalue weighted by Gasteiger charge is 2.19. The van der Waals surface area contributed by atoms with Gasteiger partial charge in [0.15, 0.2) is 0 Å². The summed E-state index contributed by atoms with van der Waals surface area (Å²) in [6.07, 6.45) is 0. The molecule has 0 heterocycles.